The molecule has 2 heterocycles. The Labute approximate surface area is 157 Å². The molecule has 1 aliphatic rings. The molecule has 1 atom stereocenters. The highest BCUT2D eigenvalue weighted by Crippen LogP contribution is 2.31. The van der Waals surface area contributed by atoms with Crippen LogP contribution in [0.4, 0.5) is 13.6 Å². The van der Waals surface area contributed by atoms with Crippen molar-refractivity contribution in [2.75, 3.05) is 0 Å². The standard InChI is InChI=1S/C18H14F2N6O2/c1-18(13-9-11(19)7-8-14(13)20)16(27)25(17(28)21-18)10-15-22-23-24-26(15)12-5-3-2-4-6-12/h2-9H,10H2,1H3,(H,21,28). The first-order valence-electron chi connectivity index (χ1n) is 8.32. The second-order valence-electron chi connectivity index (χ2n) is 6.41. The molecular formula is C18H14F2N6O2. The van der Waals surface area contributed by atoms with Crippen molar-refractivity contribution in [3.05, 3.63) is 71.6 Å². The van der Waals surface area contributed by atoms with Crippen LogP contribution in [0.15, 0.2) is 48.5 Å². The Hall–Kier alpha value is -3.69. The molecule has 1 aliphatic heterocycles. The smallest absolute Gasteiger partial charge is 0.319 e. The second kappa shape index (κ2) is 6.48. The first-order valence-corrected chi connectivity index (χ1v) is 8.32. The van der Waals surface area contributed by atoms with Crippen molar-refractivity contribution in [3.8, 4) is 5.69 Å². The summed E-state index contributed by atoms with van der Waals surface area (Å²) >= 11 is 0. The maximum absolute atomic E-state index is 14.2. The van der Waals surface area contributed by atoms with E-state index in [0.29, 0.717) is 5.69 Å². The van der Waals surface area contributed by atoms with E-state index in [-0.39, 0.29) is 17.9 Å². The summed E-state index contributed by atoms with van der Waals surface area (Å²) in [7, 11) is 0. The molecule has 0 aliphatic carbocycles. The van der Waals surface area contributed by atoms with Crippen molar-refractivity contribution in [2.24, 2.45) is 0 Å². The number of carbonyl (C=O) groups is 2. The van der Waals surface area contributed by atoms with Gasteiger partial charge in [-0.15, -0.1) is 5.10 Å². The van der Waals surface area contributed by atoms with Gasteiger partial charge in [0.1, 0.15) is 17.2 Å². The molecule has 0 saturated carbocycles. The second-order valence-corrected chi connectivity index (χ2v) is 6.41. The zero-order valence-electron chi connectivity index (χ0n) is 14.6. The van der Waals surface area contributed by atoms with Crippen LogP contribution in [0.5, 0.6) is 0 Å². The lowest BCUT2D eigenvalue weighted by Crippen LogP contribution is -2.41. The maximum Gasteiger partial charge on any atom is 0.325 e. The fourth-order valence-electron chi connectivity index (χ4n) is 3.12. The Morgan fingerprint density at radius 3 is 2.61 bits per heavy atom. The maximum atomic E-state index is 14.2. The van der Waals surface area contributed by atoms with Gasteiger partial charge in [0.25, 0.3) is 5.91 Å². The van der Waals surface area contributed by atoms with Gasteiger partial charge in [0.15, 0.2) is 5.82 Å². The van der Waals surface area contributed by atoms with Gasteiger partial charge in [-0.2, -0.15) is 4.68 Å². The van der Waals surface area contributed by atoms with Gasteiger partial charge in [-0.25, -0.2) is 13.6 Å². The van der Waals surface area contributed by atoms with Crippen molar-refractivity contribution in [2.45, 2.75) is 19.0 Å². The topological polar surface area (TPSA) is 93.0 Å². The first-order chi connectivity index (χ1) is 13.4. The highest BCUT2D eigenvalue weighted by atomic mass is 19.1. The number of imide groups is 1. The number of tetrazole rings is 1. The number of rotatable bonds is 4. The highest BCUT2D eigenvalue weighted by molar-refractivity contribution is 6.07. The molecule has 10 heteroatoms. The molecule has 2 aromatic carbocycles. The number of carbonyl (C=O) groups excluding carboxylic acids is 2. The molecule has 0 bridgehead atoms. The number of urea groups is 1. The molecule has 1 unspecified atom stereocenters. The van der Waals surface area contributed by atoms with Gasteiger partial charge in [-0.05, 0) is 47.7 Å². The summed E-state index contributed by atoms with van der Waals surface area (Å²) in [5.74, 6) is -2.01. The van der Waals surface area contributed by atoms with Crippen LogP contribution < -0.4 is 5.32 Å². The summed E-state index contributed by atoms with van der Waals surface area (Å²) in [5, 5.41) is 13.8. The van der Waals surface area contributed by atoms with Gasteiger partial charge in [0, 0.05) is 5.56 Å². The van der Waals surface area contributed by atoms with Gasteiger partial charge in [0.05, 0.1) is 12.2 Å². The lowest BCUT2D eigenvalue weighted by Gasteiger charge is -2.22. The molecule has 142 valence electrons. The van der Waals surface area contributed by atoms with E-state index in [1.54, 1.807) is 24.3 Å². The Morgan fingerprint density at radius 1 is 1.11 bits per heavy atom. The molecule has 1 N–H and O–H groups in total. The van der Waals surface area contributed by atoms with Crippen LogP contribution in [0.3, 0.4) is 0 Å². The average Bonchev–Trinajstić information content (AvgIpc) is 3.23. The Bertz CT molecular complexity index is 1070. The molecule has 1 saturated heterocycles. The number of amides is 3. The lowest BCUT2D eigenvalue weighted by molar-refractivity contribution is -0.131. The molecule has 3 amide bonds. The molecule has 1 fully saturated rings. The third-order valence-corrected chi connectivity index (χ3v) is 4.58. The van der Waals surface area contributed by atoms with Crippen molar-refractivity contribution in [3.63, 3.8) is 0 Å². The van der Waals surface area contributed by atoms with Gasteiger partial charge >= 0.3 is 6.03 Å². The Balaban J connectivity index is 1.66. The van der Waals surface area contributed by atoms with Crippen LogP contribution in [-0.4, -0.2) is 37.0 Å². The number of hydrogen-bond acceptors (Lipinski definition) is 5. The predicted molar refractivity (Wildman–Crippen MR) is 91.9 cm³/mol. The molecule has 1 aromatic heterocycles. The minimum Gasteiger partial charge on any atom is -0.319 e. The van der Waals surface area contributed by atoms with Crippen molar-refractivity contribution < 1.29 is 18.4 Å². The van der Waals surface area contributed by atoms with E-state index in [1.165, 1.54) is 11.6 Å². The molecule has 0 spiro atoms. The lowest BCUT2D eigenvalue weighted by atomic mass is 9.91. The van der Waals surface area contributed by atoms with E-state index in [4.69, 9.17) is 0 Å². The third-order valence-electron chi connectivity index (χ3n) is 4.58. The van der Waals surface area contributed by atoms with E-state index < -0.39 is 29.1 Å². The van der Waals surface area contributed by atoms with E-state index in [2.05, 4.69) is 20.8 Å². The molecular weight excluding hydrogens is 370 g/mol. The summed E-state index contributed by atoms with van der Waals surface area (Å²) in [4.78, 5) is 26.3. The SMILES string of the molecule is CC1(c2cc(F)ccc2F)NC(=O)N(Cc2nnnn2-c2ccccc2)C1=O. The van der Waals surface area contributed by atoms with E-state index in [0.717, 1.165) is 23.1 Å². The van der Waals surface area contributed by atoms with Gasteiger partial charge in [0.2, 0.25) is 0 Å². The third kappa shape index (κ3) is 2.79. The van der Waals surface area contributed by atoms with Crippen LogP contribution >= 0.6 is 0 Å². The minimum atomic E-state index is -1.74. The average molecular weight is 384 g/mol. The summed E-state index contributed by atoms with van der Waals surface area (Å²) < 4.78 is 29.2. The van der Waals surface area contributed by atoms with Crippen molar-refractivity contribution >= 4 is 11.9 Å². The van der Waals surface area contributed by atoms with Crippen LogP contribution in [0.2, 0.25) is 0 Å². The molecule has 3 aromatic rings. The van der Waals surface area contributed by atoms with Crippen LogP contribution in [0, 0.1) is 11.6 Å². The summed E-state index contributed by atoms with van der Waals surface area (Å²) in [6.07, 6.45) is 0. The number of aromatic nitrogens is 4. The molecule has 0 radical (unpaired) electrons. The van der Waals surface area contributed by atoms with Crippen molar-refractivity contribution in [1.29, 1.82) is 0 Å². The highest BCUT2D eigenvalue weighted by Gasteiger charge is 2.50. The fourth-order valence-corrected chi connectivity index (χ4v) is 3.12. The normalized spacial score (nSPS) is 19.2. The fraction of sp³-hybridized carbons (Fsp3) is 0.167. The quantitative estimate of drug-likeness (QED) is 0.694. The van der Waals surface area contributed by atoms with E-state index >= 15 is 0 Å². The van der Waals surface area contributed by atoms with E-state index in [1.807, 2.05) is 6.07 Å². The number of halogens is 2. The Kier molecular flexibility index (Phi) is 4.10. The number of nitrogens with zero attached hydrogens (tertiary/aromatic N) is 5. The van der Waals surface area contributed by atoms with Crippen LogP contribution in [0.1, 0.15) is 18.3 Å². The molecule has 8 nitrogen and oxygen atoms in total. The number of benzene rings is 2. The zero-order valence-corrected chi connectivity index (χ0v) is 14.6. The first kappa shape index (κ1) is 17.7. The van der Waals surface area contributed by atoms with Gasteiger partial charge in [-0.3, -0.25) is 9.69 Å². The van der Waals surface area contributed by atoms with E-state index in [9.17, 15) is 18.4 Å². The zero-order chi connectivity index (χ0) is 19.9. The van der Waals surface area contributed by atoms with Crippen LogP contribution in [0.25, 0.3) is 5.69 Å². The number of nitrogens with one attached hydrogen (secondary N) is 1. The molecule has 28 heavy (non-hydrogen) atoms. The molecule has 4 rings (SSSR count). The Morgan fingerprint density at radius 2 is 1.86 bits per heavy atom. The van der Waals surface area contributed by atoms with Crippen LogP contribution in [-0.2, 0) is 16.9 Å². The number of para-hydroxylation sites is 1. The summed E-state index contributed by atoms with van der Waals surface area (Å²) in [6.45, 7) is 1.09. The minimum absolute atomic E-state index is 0.235. The largest absolute Gasteiger partial charge is 0.325 e. The van der Waals surface area contributed by atoms with Gasteiger partial charge in [-0.1, -0.05) is 18.2 Å². The number of hydrogen-bond donors (Lipinski definition) is 1. The summed E-state index contributed by atoms with van der Waals surface area (Å²) in [6, 6.07) is 10.9. The van der Waals surface area contributed by atoms with Crippen molar-refractivity contribution in [1.82, 2.24) is 30.4 Å². The monoisotopic (exact) mass is 384 g/mol. The van der Waals surface area contributed by atoms with Gasteiger partial charge < -0.3 is 5.32 Å². The summed E-state index contributed by atoms with van der Waals surface area (Å²) in [5.41, 5.74) is -1.35. The predicted octanol–water partition coefficient (Wildman–Crippen LogP) is 1.91.